The Kier molecular flexibility index (Phi) is 4.53. The molecule has 3 aromatic carbocycles. The zero-order chi connectivity index (χ0) is 20.6. The molecule has 0 saturated heterocycles. The van der Waals surface area contributed by atoms with Crippen molar-refractivity contribution in [3.05, 3.63) is 85.1 Å². The van der Waals surface area contributed by atoms with Crippen LogP contribution in [0.1, 0.15) is 38.1 Å². The van der Waals surface area contributed by atoms with Crippen LogP contribution in [0.5, 0.6) is 0 Å². The van der Waals surface area contributed by atoms with Crippen molar-refractivity contribution in [3.63, 3.8) is 0 Å². The van der Waals surface area contributed by atoms with E-state index in [2.05, 4.69) is 77.4 Å². The second-order valence-electron chi connectivity index (χ2n) is 8.58. The van der Waals surface area contributed by atoms with E-state index in [1.807, 2.05) is 12.3 Å². The summed E-state index contributed by atoms with van der Waals surface area (Å²) in [5.41, 5.74) is 6.83. The van der Waals surface area contributed by atoms with Crippen molar-refractivity contribution in [1.82, 2.24) is 14.5 Å². The second-order valence-corrected chi connectivity index (χ2v) is 8.58. The first-order valence-corrected chi connectivity index (χ1v) is 11.3. The molecule has 31 heavy (non-hydrogen) atoms. The molecule has 152 valence electrons. The van der Waals surface area contributed by atoms with Crippen LogP contribution in [0.15, 0.2) is 85.1 Å². The SMILES string of the molecule is c1ccc(-c2cnc3cc(-c4nc5ccccc5n4C4CCCCC4)ccc3c2)cc1. The molecule has 0 atom stereocenters. The summed E-state index contributed by atoms with van der Waals surface area (Å²) in [4.78, 5) is 9.87. The van der Waals surface area contributed by atoms with Gasteiger partial charge < -0.3 is 4.57 Å². The summed E-state index contributed by atoms with van der Waals surface area (Å²) in [6.45, 7) is 0. The van der Waals surface area contributed by atoms with E-state index in [0.29, 0.717) is 6.04 Å². The monoisotopic (exact) mass is 403 g/mol. The van der Waals surface area contributed by atoms with E-state index in [1.165, 1.54) is 43.2 Å². The maximum Gasteiger partial charge on any atom is 0.141 e. The third-order valence-electron chi connectivity index (χ3n) is 6.59. The van der Waals surface area contributed by atoms with Crippen molar-refractivity contribution in [3.8, 4) is 22.5 Å². The standard InChI is InChI=1S/C28H25N3/c1-3-9-20(10-4-1)23-17-21-15-16-22(18-26(21)29-19-23)28-30-25-13-7-8-14-27(25)31(28)24-11-5-2-6-12-24/h1,3-4,7-10,13-19,24H,2,5-6,11-12H2. The summed E-state index contributed by atoms with van der Waals surface area (Å²) < 4.78 is 2.49. The van der Waals surface area contributed by atoms with Crippen LogP contribution in [0, 0.1) is 0 Å². The molecule has 1 aliphatic rings. The lowest BCUT2D eigenvalue weighted by molar-refractivity contribution is 0.362. The fourth-order valence-corrected chi connectivity index (χ4v) is 5.01. The minimum Gasteiger partial charge on any atom is -0.321 e. The zero-order valence-corrected chi connectivity index (χ0v) is 17.5. The van der Waals surface area contributed by atoms with Gasteiger partial charge in [0.15, 0.2) is 0 Å². The van der Waals surface area contributed by atoms with Gasteiger partial charge >= 0.3 is 0 Å². The van der Waals surface area contributed by atoms with Crippen molar-refractivity contribution in [2.24, 2.45) is 0 Å². The molecule has 2 aromatic heterocycles. The Morgan fingerprint density at radius 1 is 0.677 bits per heavy atom. The zero-order valence-electron chi connectivity index (χ0n) is 17.5. The number of hydrogen-bond acceptors (Lipinski definition) is 2. The number of benzene rings is 3. The number of pyridine rings is 1. The first-order chi connectivity index (χ1) is 15.4. The van der Waals surface area contributed by atoms with Crippen LogP contribution in [0.3, 0.4) is 0 Å². The Labute approximate surface area is 182 Å². The first kappa shape index (κ1) is 18.3. The van der Waals surface area contributed by atoms with E-state index in [0.717, 1.165) is 33.4 Å². The molecular formula is C28H25N3. The van der Waals surface area contributed by atoms with Crippen molar-refractivity contribution >= 4 is 21.9 Å². The number of para-hydroxylation sites is 2. The smallest absolute Gasteiger partial charge is 0.141 e. The first-order valence-electron chi connectivity index (χ1n) is 11.3. The predicted octanol–water partition coefficient (Wildman–Crippen LogP) is 7.42. The third-order valence-corrected chi connectivity index (χ3v) is 6.59. The quantitative estimate of drug-likeness (QED) is 0.314. The minimum atomic E-state index is 0.528. The molecule has 0 unspecified atom stereocenters. The lowest BCUT2D eigenvalue weighted by Gasteiger charge is -2.25. The largest absolute Gasteiger partial charge is 0.321 e. The van der Waals surface area contributed by atoms with E-state index in [4.69, 9.17) is 9.97 Å². The van der Waals surface area contributed by atoms with Gasteiger partial charge in [0, 0.05) is 28.8 Å². The Hall–Kier alpha value is -3.46. The highest BCUT2D eigenvalue weighted by Crippen LogP contribution is 2.36. The molecular weight excluding hydrogens is 378 g/mol. The number of fused-ring (bicyclic) bond motifs is 2. The van der Waals surface area contributed by atoms with E-state index in [-0.39, 0.29) is 0 Å². The number of hydrogen-bond donors (Lipinski definition) is 0. The molecule has 1 fully saturated rings. The van der Waals surface area contributed by atoms with E-state index >= 15 is 0 Å². The minimum absolute atomic E-state index is 0.528. The Balaban J connectivity index is 1.47. The summed E-state index contributed by atoms with van der Waals surface area (Å²) >= 11 is 0. The molecule has 5 aromatic rings. The van der Waals surface area contributed by atoms with Gasteiger partial charge in [-0.3, -0.25) is 4.98 Å². The molecule has 1 saturated carbocycles. The molecule has 6 rings (SSSR count). The maximum absolute atomic E-state index is 5.07. The molecule has 0 aliphatic heterocycles. The fourth-order valence-electron chi connectivity index (χ4n) is 5.01. The summed E-state index contributed by atoms with van der Waals surface area (Å²) in [6.07, 6.45) is 8.41. The van der Waals surface area contributed by atoms with Crippen LogP contribution in [0.2, 0.25) is 0 Å². The Morgan fingerprint density at radius 3 is 2.35 bits per heavy atom. The molecule has 1 aliphatic carbocycles. The molecule has 0 N–H and O–H groups in total. The van der Waals surface area contributed by atoms with Crippen LogP contribution in [-0.2, 0) is 0 Å². The van der Waals surface area contributed by atoms with E-state index < -0.39 is 0 Å². The van der Waals surface area contributed by atoms with E-state index in [9.17, 15) is 0 Å². The molecule has 0 radical (unpaired) electrons. The van der Waals surface area contributed by atoms with Crippen molar-refractivity contribution < 1.29 is 0 Å². The highest BCUT2D eigenvalue weighted by atomic mass is 15.1. The number of aromatic nitrogens is 3. The van der Waals surface area contributed by atoms with Crippen molar-refractivity contribution in [2.75, 3.05) is 0 Å². The highest BCUT2D eigenvalue weighted by Gasteiger charge is 2.22. The molecule has 0 spiro atoms. The van der Waals surface area contributed by atoms with Gasteiger partial charge in [-0.15, -0.1) is 0 Å². The average Bonchev–Trinajstić information content (AvgIpc) is 3.24. The second kappa shape index (κ2) is 7.66. The molecule has 3 heteroatoms. The third kappa shape index (κ3) is 3.31. The van der Waals surface area contributed by atoms with Gasteiger partial charge in [-0.1, -0.05) is 73.9 Å². The summed E-state index contributed by atoms with van der Waals surface area (Å²) in [7, 11) is 0. The predicted molar refractivity (Wildman–Crippen MR) is 128 cm³/mol. The van der Waals surface area contributed by atoms with Gasteiger partial charge in [0.1, 0.15) is 5.82 Å². The molecule has 0 bridgehead atoms. The Morgan fingerprint density at radius 2 is 1.48 bits per heavy atom. The van der Waals surface area contributed by atoms with Gasteiger partial charge in [-0.05, 0) is 42.7 Å². The lowest BCUT2D eigenvalue weighted by atomic mass is 9.94. The number of nitrogens with zero attached hydrogens (tertiary/aromatic N) is 3. The highest BCUT2D eigenvalue weighted by molar-refractivity contribution is 5.88. The van der Waals surface area contributed by atoms with Crippen LogP contribution in [0.25, 0.3) is 44.5 Å². The fraction of sp³-hybridized carbons (Fsp3) is 0.214. The maximum atomic E-state index is 5.07. The van der Waals surface area contributed by atoms with Gasteiger partial charge in [0.25, 0.3) is 0 Å². The van der Waals surface area contributed by atoms with Crippen LogP contribution in [0.4, 0.5) is 0 Å². The van der Waals surface area contributed by atoms with Gasteiger partial charge in [0.05, 0.1) is 16.6 Å². The number of imidazole rings is 1. The molecule has 3 nitrogen and oxygen atoms in total. The van der Waals surface area contributed by atoms with Crippen LogP contribution >= 0.6 is 0 Å². The molecule has 0 amide bonds. The van der Waals surface area contributed by atoms with Gasteiger partial charge in [0.2, 0.25) is 0 Å². The van der Waals surface area contributed by atoms with Crippen LogP contribution in [-0.4, -0.2) is 14.5 Å². The van der Waals surface area contributed by atoms with Crippen molar-refractivity contribution in [1.29, 1.82) is 0 Å². The van der Waals surface area contributed by atoms with E-state index in [1.54, 1.807) is 0 Å². The van der Waals surface area contributed by atoms with Gasteiger partial charge in [-0.2, -0.15) is 0 Å². The Bertz CT molecular complexity index is 1360. The van der Waals surface area contributed by atoms with Crippen molar-refractivity contribution in [2.45, 2.75) is 38.1 Å². The normalized spacial score (nSPS) is 15.0. The van der Waals surface area contributed by atoms with Gasteiger partial charge in [-0.25, -0.2) is 4.98 Å². The summed E-state index contributed by atoms with van der Waals surface area (Å²) in [5, 5.41) is 1.16. The van der Waals surface area contributed by atoms with Crippen LogP contribution < -0.4 is 0 Å². The summed E-state index contributed by atoms with van der Waals surface area (Å²) in [5.74, 6) is 1.07. The number of rotatable bonds is 3. The average molecular weight is 404 g/mol. The summed E-state index contributed by atoms with van der Waals surface area (Å²) in [6, 6.07) is 28.3. The molecule has 2 heterocycles. The lowest BCUT2D eigenvalue weighted by Crippen LogP contribution is -2.13. The topological polar surface area (TPSA) is 30.7 Å².